The number of rotatable bonds is 0. The molecule has 0 spiro atoms. The van der Waals surface area contributed by atoms with Crippen LogP contribution in [0.1, 0.15) is 0 Å². The van der Waals surface area contributed by atoms with Gasteiger partial charge in [0.15, 0.2) is 0 Å². The zero-order valence-electron chi connectivity index (χ0n) is 1.69. The van der Waals surface area contributed by atoms with Crippen LogP contribution in [0.25, 0.3) is 0 Å². The maximum Gasteiger partial charge on any atom is 2.00 e. The molecular weight excluding hydrogens is 294 g/mol. The van der Waals surface area contributed by atoms with Crippen molar-refractivity contribution in [1.29, 1.82) is 0 Å². The molecule has 0 aliphatic carbocycles. The fourth-order valence-corrected chi connectivity index (χ4v) is 0. The van der Waals surface area contributed by atoms with Crippen LogP contribution in [0, 0.1) is 0 Å². The van der Waals surface area contributed by atoms with E-state index in [1.165, 1.54) is 0 Å². The molecule has 0 aliphatic rings. The summed E-state index contributed by atoms with van der Waals surface area (Å²) in [5.74, 6) is 0. The van der Waals surface area contributed by atoms with E-state index in [2.05, 4.69) is 0 Å². The molecule has 2 nitrogen and oxygen atoms in total. The van der Waals surface area contributed by atoms with Crippen molar-refractivity contribution in [2.75, 3.05) is 0 Å². The molecule has 0 bridgehead atoms. The first-order valence-electron chi connectivity index (χ1n) is 0. The number of hydrogen-bond donors (Lipinski definition) is 0. The van der Waals surface area contributed by atoms with E-state index < -0.39 is 0 Å². The van der Waals surface area contributed by atoms with Gasteiger partial charge in [0.2, 0.25) is 0 Å². The molecule has 0 saturated carbocycles. The Balaban J connectivity index is 0. The van der Waals surface area contributed by atoms with Crippen LogP contribution in [0.3, 0.4) is 0 Å². The summed E-state index contributed by atoms with van der Waals surface area (Å²) in [5, 5.41) is 0. The van der Waals surface area contributed by atoms with Gasteiger partial charge in [-0.25, -0.2) is 0 Å². The monoisotopic (exact) mass is 295 g/mol. The van der Waals surface area contributed by atoms with Gasteiger partial charge in [0, 0.05) is 0 Å². The van der Waals surface area contributed by atoms with E-state index in [4.69, 9.17) is 0 Å². The molecule has 23 valence electrons. The van der Waals surface area contributed by atoms with Gasteiger partial charge in [-0.1, -0.05) is 0 Å². The van der Waals surface area contributed by atoms with Gasteiger partial charge in [-0.05, 0) is 0 Å². The Labute approximate surface area is 55.2 Å². The van der Waals surface area contributed by atoms with Crippen LogP contribution in [0.5, 0.6) is 0 Å². The minimum absolute atomic E-state index is 0. The minimum Gasteiger partial charge on any atom is -2.00 e. The summed E-state index contributed by atoms with van der Waals surface area (Å²) in [7, 11) is 0. The Kier molecular flexibility index (Phi) is 366. The molecule has 3 radical (unpaired) electrons. The first-order chi connectivity index (χ1) is 0. The minimum atomic E-state index is 0. The second-order valence-electron chi connectivity index (χ2n) is 0. The molecule has 4 heavy (non-hydrogen) atoms. The van der Waals surface area contributed by atoms with E-state index in [1.807, 2.05) is 0 Å². The summed E-state index contributed by atoms with van der Waals surface area (Å²) in [4.78, 5) is 0. The van der Waals surface area contributed by atoms with E-state index in [0.29, 0.717) is 0 Å². The molecule has 0 aromatic carbocycles. The van der Waals surface area contributed by atoms with Crippen LogP contribution in [0.15, 0.2) is 0 Å². The van der Waals surface area contributed by atoms with E-state index in [9.17, 15) is 0 Å². The molecular formula is MnO2Pb. The first-order valence-corrected chi connectivity index (χ1v) is 0. The Morgan fingerprint density at radius 3 is 0.750 bits per heavy atom. The summed E-state index contributed by atoms with van der Waals surface area (Å²) in [6, 6.07) is 0. The van der Waals surface area contributed by atoms with Crippen molar-refractivity contribution in [3.63, 3.8) is 0 Å². The molecule has 0 heterocycles. The van der Waals surface area contributed by atoms with Crippen molar-refractivity contribution in [1.82, 2.24) is 0 Å². The van der Waals surface area contributed by atoms with Gasteiger partial charge in [-0.3, -0.25) is 0 Å². The Bertz CT molecular complexity index is 6.00. The van der Waals surface area contributed by atoms with Gasteiger partial charge >= 0.3 is 44.4 Å². The van der Waals surface area contributed by atoms with Crippen LogP contribution in [-0.2, 0) is 28.0 Å². The van der Waals surface area contributed by atoms with Crippen LogP contribution in [-0.4, -0.2) is 27.3 Å². The molecule has 0 aromatic rings. The maximum absolute atomic E-state index is 0. The van der Waals surface area contributed by atoms with Crippen LogP contribution in [0.2, 0.25) is 0 Å². The van der Waals surface area contributed by atoms with Gasteiger partial charge in [0.25, 0.3) is 0 Å². The van der Waals surface area contributed by atoms with Crippen LogP contribution < -0.4 is 0 Å². The summed E-state index contributed by atoms with van der Waals surface area (Å²) >= 11 is 0. The predicted octanol–water partition coefficient (Wildman–Crippen LogP) is -0.621. The zero-order valence-corrected chi connectivity index (χ0v) is 6.76. The fraction of sp³-hybridized carbons (Fsp3) is 0. The smallest absolute Gasteiger partial charge is 2.00 e. The molecule has 0 amide bonds. The second-order valence-corrected chi connectivity index (χ2v) is 0. The third-order valence-electron chi connectivity index (χ3n) is 0. The topological polar surface area (TPSA) is 57.0 Å². The van der Waals surface area contributed by atoms with Crippen molar-refractivity contribution >= 4 is 27.3 Å². The molecule has 0 aromatic heterocycles. The normalized spacial score (nSPS) is 0. The molecule has 0 unspecified atom stereocenters. The van der Waals surface area contributed by atoms with Crippen molar-refractivity contribution in [3.05, 3.63) is 0 Å². The fourth-order valence-electron chi connectivity index (χ4n) is 0. The van der Waals surface area contributed by atoms with Gasteiger partial charge in [-0.15, -0.1) is 0 Å². The molecule has 0 fully saturated rings. The van der Waals surface area contributed by atoms with Crippen LogP contribution in [0.4, 0.5) is 0 Å². The average molecular weight is 294 g/mol. The molecule has 0 N–H and O–H groups in total. The SMILES string of the molecule is [Mn+2].[O-2].[O-2].[Pb+2]. The molecule has 0 saturated heterocycles. The summed E-state index contributed by atoms with van der Waals surface area (Å²) in [6.45, 7) is 0. The van der Waals surface area contributed by atoms with Crippen molar-refractivity contribution in [2.24, 2.45) is 0 Å². The molecule has 0 aliphatic heterocycles. The summed E-state index contributed by atoms with van der Waals surface area (Å²) in [5.41, 5.74) is 0. The quantitative estimate of drug-likeness (QED) is 0.535. The van der Waals surface area contributed by atoms with E-state index >= 15 is 0 Å². The maximum atomic E-state index is 0. The Morgan fingerprint density at radius 2 is 0.750 bits per heavy atom. The third kappa shape index (κ3) is 10.1. The second kappa shape index (κ2) is 26.6. The zero-order chi connectivity index (χ0) is 0. The Morgan fingerprint density at radius 1 is 0.750 bits per heavy atom. The van der Waals surface area contributed by atoms with Gasteiger partial charge in [0.1, 0.15) is 0 Å². The van der Waals surface area contributed by atoms with Crippen molar-refractivity contribution in [3.8, 4) is 0 Å². The van der Waals surface area contributed by atoms with Gasteiger partial charge in [0.05, 0.1) is 0 Å². The Hall–Kier alpha value is 1.36. The largest absolute Gasteiger partial charge is 2.00 e. The summed E-state index contributed by atoms with van der Waals surface area (Å²) < 4.78 is 0. The third-order valence-corrected chi connectivity index (χ3v) is 0. The van der Waals surface area contributed by atoms with Crippen molar-refractivity contribution in [2.45, 2.75) is 0 Å². The van der Waals surface area contributed by atoms with Gasteiger partial charge in [-0.2, -0.15) is 0 Å². The predicted molar refractivity (Wildman–Crippen MR) is 7.13 cm³/mol. The van der Waals surface area contributed by atoms with Crippen LogP contribution >= 0.6 is 0 Å². The molecule has 0 rings (SSSR count). The van der Waals surface area contributed by atoms with E-state index in [0.717, 1.165) is 0 Å². The van der Waals surface area contributed by atoms with E-state index in [1.54, 1.807) is 0 Å². The average Bonchev–Trinajstić information content (AvgIpc) is 0. The number of hydrogen-bond acceptors (Lipinski definition) is 0. The van der Waals surface area contributed by atoms with Crippen molar-refractivity contribution < 1.29 is 28.0 Å². The van der Waals surface area contributed by atoms with Gasteiger partial charge < -0.3 is 11.0 Å². The summed E-state index contributed by atoms with van der Waals surface area (Å²) in [6.07, 6.45) is 0. The first kappa shape index (κ1) is 55.0. The molecule has 4 heteroatoms. The standard InChI is InChI=1S/Mn.2O.Pb/q+2;2*-2;+2. The molecule has 0 atom stereocenters. The van der Waals surface area contributed by atoms with E-state index in [-0.39, 0.29) is 55.3 Å².